The lowest BCUT2D eigenvalue weighted by atomic mass is 10.3. The van der Waals surface area contributed by atoms with Crippen molar-refractivity contribution in [3.63, 3.8) is 0 Å². The number of ether oxygens (including phenoxy) is 3. The van der Waals surface area contributed by atoms with E-state index in [0.717, 1.165) is 5.75 Å². The predicted molar refractivity (Wildman–Crippen MR) is 110 cm³/mol. The van der Waals surface area contributed by atoms with E-state index < -0.39 is 0 Å². The molecule has 0 aliphatic carbocycles. The van der Waals surface area contributed by atoms with Crippen molar-refractivity contribution in [2.24, 2.45) is 0 Å². The average Bonchev–Trinajstić information content (AvgIpc) is 2.71. The van der Waals surface area contributed by atoms with Crippen molar-refractivity contribution in [2.75, 3.05) is 18.5 Å². The zero-order valence-corrected chi connectivity index (χ0v) is 16.1. The zero-order valence-electron chi connectivity index (χ0n) is 15.4. The molecule has 0 aromatic heterocycles. The molecular formula is C22H20ClNO4. The Labute approximate surface area is 168 Å². The number of benzene rings is 3. The Morgan fingerprint density at radius 1 is 0.857 bits per heavy atom. The molecule has 1 N–H and O–H groups in total. The molecule has 0 unspecified atom stereocenters. The highest BCUT2D eigenvalue weighted by Crippen LogP contribution is 2.33. The molecule has 0 saturated carbocycles. The summed E-state index contributed by atoms with van der Waals surface area (Å²) in [4.78, 5) is 12.3. The molecule has 3 rings (SSSR count). The van der Waals surface area contributed by atoms with Gasteiger partial charge in [-0.1, -0.05) is 35.9 Å². The number of halogens is 1. The van der Waals surface area contributed by atoms with Gasteiger partial charge in [0.05, 0.1) is 17.3 Å². The lowest BCUT2D eigenvalue weighted by molar-refractivity contribution is -0.118. The van der Waals surface area contributed by atoms with Gasteiger partial charge in [0.25, 0.3) is 5.91 Å². The largest absolute Gasteiger partial charge is 0.494 e. The van der Waals surface area contributed by atoms with Crippen LogP contribution in [0.25, 0.3) is 0 Å². The summed E-state index contributed by atoms with van der Waals surface area (Å²) in [5.41, 5.74) is 0.530. The van der Waals surface area contributed by atoms with Gasteiger partial charge in [-0.3, -0.25) is 4.79 Å². The van der Waals surface area contributed by atoms with E-state index in [1.807, 2.05) is 31.2 Å². The van der Waals surface area contributed by atoms with Crippen molar-refractivity contribution >= 4 is 23.2 Å². The van der Waals surface area contributed by atoms with E-state index in [-0.39, 0.29) is 12.5 Å². The number of hydrogen-bond acceptors (Lipinski definition) is 4. The van der Waals surface area contributed by atoms with Crippen molar-refractivity contribution in [3.8, 4) is 23.0 Å². The van der Waals surface area contributed by atoms with Crippen molar-refractivity contribution in [3.05, 3.63) is 77.8 Å². The number of carbonyl (C=O) groups is 1. The molecule has 0 saturated heterocycles. The van der Waals surface area contributed by atoms with E-state index in [1.165, 1.54) is 0 Å². The van der Waals surface area contributed by atoms with Gasteiger partial charge < -0.3 is 19.5 Å². The molecule has 0 aliphatic rings. The minimum Gasteiger partial charge on any atom is -0.494 e. The topological polar surface area (TPSA) is 56.8 Å². The second-order valence-electron chi connectivity index (χ2n) is 5.77. The fourth-order valence-electron chi connectivity index (χ4n) is 2.44. The van der Waals surface area contributed by atoms with E-state index in [9.17, 15) is 4.79 Å². The third-order valence-corrected chi connectivity index (χ3v) is 4.03. The first-order valence-corrected chi connectivity index (χ1v) is 9.20. The lowest BCUT2D eigenvalue weighted by Crippen LogP contribution is -2.20. The summed E-state index contributed by atoms with van der Waals surface area (Å²) in [5.74, 6) is 2.04. The summed E-state index contributed by atoms with van der Waals surface area (Å²) >= 11 is 6.14. The highest BCUT2D eigenvalue weighted by molar-refractivity contribution is 6.32. The second kappa shape index (κ2) is 9.67. The van der Waals surface area contributed by atoms with Gasteiger partial charge in [-0.2, -0.15) is 0 Å². The third kappa shape index (κ3) is 5.41. The van der Waals surface area contributed by atoms with Crippen LogP contribution in [0.5, 0.6) is 23.0 Å². The molecule has 0 heterocycles. The van der Waals surface area contributed by atoms with Crippen molar-refractivity contribution in [2.45, 2.75) is 6.92 Å². The number of amides is 1. The predicted octanol–water partition coefficient (Wildman–Crippen LogP) is 5.55. The number of nitrogens with one attached hydrogen (secondary N) is 1. The maximum Gasteiger partial charge on any atom is 0.262 e. The minimum absolute atomic E-state index is 0.131. The molecule has 0 fully saturated rings. The van der Waals surface area contributed by atoms with E-state index in [1.54, 1.807) is 48.5 Å². The van der Waals surface area contributed by atoms with Crippen LogP contribution in [0, 0.1) is 0 Å². The van der Waals surface area contributed by atoms with E-state index in [0.29, 0.717) is 34.6 Å². The molecule has 0 spiro atoms. The van der Waals surface area contributed by atoms with Crippen molar-refractivity contribution in [1.82, 2.24) is 0 Å². The maximum atomic E-state index is 12.3. The quantitative estimate of drug-likeness (QED) is 0.541. The molecule has 0 radical (unpaired) electrons. The summed E-state index contributed by atoms with van der Waals surface area (Å²) in [6, 6.07) is 21.4. The maximum absolute atomic E-state index is 12.3. The third-order valence-electron chi connectivity index (χ3n) is 3.72. The molecule has 6 heteroatoms. The van der Waals surface area contributed by atoms with Gasteiger partial charge in [0.1, 0.15) is 17.2 Å². The van der Waals surface area contributed by atoms with Crippen LogP contribution >= 0.6 is 11.6 Å². The summed E-state index contributed by atoms with van der Waals surface area (Å²) in [6.07, 6.45) is 0. The fourth-order valence-corrected chi connectivity index (χ4v) is 2.61. The van der Waals surface area contributed by atoms with Gasteiger partial charge in [-0.25, -0.2) is 0 Å². The molecule has 1 amide bonds. The van der Waals surface area contributed by atoms with Crippen LogP contribution in [0.2, 0.25) is 5.02 Å². The number of para-hydroxylation sites is 3. The van der Waals surface area contributed by atoms with E-state index in [2.05, 4.69) is 5.32 Å². The van der Waals surface area contributed by atoms with Gasteiger partial charge in [-0.15, -0.1) is 0 Å². The molecular weight excluding hydrogens is 378 g/mol. The Morgan fingerprint density at radius 2 is 1.46 bits per heavy atom. The SMILES string of the molecule is CCOc1ccc(OCC(=O)Nc2ccccc2Oc2ccccc2Cl)cc1. The summed E-state index contributed by atoms with van der Waals surface area (Å²) < 4.78 is 16.7. The van der Waals surface area contributed by atoms with Gasteiger partial charge in [0.2, 0.25) is 0 Å². The van der Waals surface area contributed by atoms with Crippen LogP contribution < -0.4 is 19.5 Å². The van der Waals surface area contributed by atoms with E-state index >= 15 is 0 Å². The molecule has 0 aliphatic heterocycles. The molecule has 0 bridgehead atoms. The minimum atomic E-state index is -0.302. The van der Waals surface area contributed by atoms with Crippen LogP contribution in [0.15, 0.2) is 72.8 Å². The van der Waals surface area contributed by atoms with Gasteiger partial charge in [0, 0.05) is 0 Å². The first-order valence-electron chi connectivity index (χ1n) is 8.82. The molecule has 3 aromatic carbocycles. The Kier molecular flexibility index (Phi) is 6.76. The summed E-state index contributed by atoms with van der Waals surface area (Å²) in [6.45, 7) is 2.38. The van der Waals surface area contributed by atoms with Gasteiger partial charge >= 0.3 is 0 Å². The Bertz CT molecular complexity index is 928. The van der Waals surface area contributed by atoms with Crippen LogP contribution in [0.3, 0.4) is 0 Å². The van der Waals surface area contributed by atoms with Gasteiger partial charge in [0.15, 0.2) is 12.4 Å². The molecule has 3 aromatic rings. The summed E-state index contributed by atoms with van der Waals surface area (Å²) in [5, 5.41) is 3.28. The average molecular weight is 398 g/mol. The van der Waals surface area contributed by atoms with Crippen LogP contribution in [0.1, 0.15) is 6.92 Å². The molecule has 5 nitrogen and oxygen atoms in total. The zero-order chi connectivity index (χ0) is 19.8. The Balaban J connectivity index is 1.60. The number of anilines is 1. The molecule has 0 atom stereocenters. The monoisotopic (exact) mass is 397 g/mol. The number of hydrogen-bond donors (Lipinski definition) is 1. The smallest absolute Gasteiger partial charge is 0.262 e. The first kappa shape index (κ1) is 19.6. The first-order chi connectivity index (χ1) is 13.7. The second-order valence-corrected chi connectivity index (χ2v) is 6.18. The van der Waals surface area contributed by atoms with Crippen LogP contribution in [0.4, 0.5) is 5.69 Å². The number of rotatable bonds is 8. The molecule has 144 valence electrons. The Hall–Kier alpha value is -3.18. The molecule has 28 heavy (non-hydrogen) atoms. The fraction of sp³-hybridized carbons (Fsp3) is 0.136. The van der Waals surface area contributed by atoms with Crippen molar-refractivity contribution in [1.29, 1.82) is 0 Å². The Morgan fingerprint density at radius 3 is 2.14 bits per heavy atom. The number of carbonyl (C=O) groups excluding carboxylic acids is 1. The normalized spacial score (nSPS) is 10.2. The lowest BCUT2D eigenvalue weighted by Gasteiger charge is -2.13. The summed E-state index contributed by atoms with van der Waals surface area (Å²) in [7, 11) is 0. The van der Waals surface area contributed by atoms with Crippen LogP contribution in [-0.2, 0) is 4.79 Å². The van der Waals surface area contributed by atoms with Crippen molar-refractivity contribution < 1.29 is 19.0 Å². The van der Waals surface area contributed by atoms with Crippen LogP contribution in [-0.4, -0.2) is 19.1 Å². The standard InChI is InChI=1S/C22H20ClNO4/c1-2-26-16-11-13-17(14-12-16)27-15-22(25)24-19-8-4-6-10-21(19)28-20-9-5-3-7-18(20)23/h3-14H,2,15H2,1H3,(H,24,25). The highest BCUT2D eigenvalue weighted by atomic mass is 35.5. The highest BCUT2D eigenvalue weighted by Gasteiger charge is 2.10. The van der Waals surface area contributed by atoms with Gasteiger partial charge in [-0.05, 0) is 55.5 Å². The van der Waals surface area contributed by atoms with E-state index in [4.69, 9.17) is 25.8 Å².